The van der Waals surface area contributed by atoms with Gasteiger partial charge in [0, 0.05) is 12.3 Å². The van der Waals surface area contributed by atoms with Crippen molar-refractivity contribution in [3.8, 4) is 5.69 Å². The number of carboxylic acid groups (broad SMARTS) is 1. The lowest BCUT2D eigenvalue weighted by Gasteiger charge is -2.04. The van der Waals surface area contributed by atoms with Gasteiger partial charge in [-0.25, -0.2) is 9.48 Å². The van der Waals surface area contributed by atoms with Gasteiger partial charge in [0.05, 0.1) is 28.3 Å². The van der Waals surface area contributed by atoms with Crippen LogP contribution in [0.5, 0.6) is 0 Å². The Bertz CT molecular complexity index is 662. The zero-order valence-electron chi connectivity index (χ0n) is 10.5. The molecular weight excluding hydrogens is 266 g/mol. The SMILES string of the molecule is Cc1nn(-c2cncc(/C=C/C(=O)O)c2)c(C)c1Cl. The largest absolute Gasteiger partial charge is 0.478 e. The number of halogens is 1. The van der Waals surface area contributed by atoms with Crippen LogP contribution >= 0.6 is 11.6 Å². The molecule has 0 aliphatic rings. The Kier molecular flexibility index (Phi) is 3.66. The van der Waals surface area contributed by atoms with E-state index in [1.807, 2.05) is 13.8 Å². The summed E-state index contributed by atoms with van der Waals surface area (Å²) >= 11 is 6.10. The Hall–Kier alpha value is -2.14. The fourth-order valence-corrected chi connectivity index (χ4v) is 1.81. The lowest BCUT2D eigenvalue weighted by atomic mass is 10.2. The summed E-state index contributed by atoms with van der Waals surface area (Å²) in [4.78, 5) is 14.6. The Morgan fingerprint density at radius 1 is 1.42 bits per heavy atom. The van der Waals surface area contributed by atoms with E-state index < -0.39 is 5.97 Å². The highest BCUT2D eigenvalue weighted by molar-refractivity contribution is 6.31. The van der Waals surface area contributed by atoms with Gasteiger partial charge in [-0.3, -0.25) is 4.98 Å². The zero-order valence-corrected chi connectivity index (χ0v) is 11.2. The van der Waals surface area contributed by atoms with Crippen molar-refractivity contribution < 1.29 is 9.90 Å². The lowest BCUT2D eigenvalue weighted by molar-refractivity contribution is -0.131. The van der Waals surface area contributed by atoms with Crippen molar-refractivity contribution in [3.63, 3.8) is 0 Å². The Morgan fingerprint density at radius 2 is 2.16 bits per heavy atom. The van der Waals surface area contributed by atoms with Gasteiger partial charge in [-0.2, -0.15) is 5.10 Å². The van der Waals surface area contributed by atoms with E-state index in [1.165, 1.54) is 6.08 Å². The molecule has 0 saturated heterocycles. The number of hydrogen-bond donors (Lipinski definition) is 1. The van der Waals surface area contributed by atoms with Crippen LogP contribution in [0.4, 0.5) is 0 Å². The van der Waals surface area contributed by atoms with Gasteiger partial charge in [-0.15, -0.1) is 0 Å². The number of carbonyl (C=O) groups is 1. The van der Waals surface area contributed by atoms with E-state index in [4.69, 9.17) is 16.7 Å². The normalized spacial score (nSPS) is 11.1. The van der Waals surface area contributed by atoms with Gasteiger partial charge in [0.25, 0.3) is 0 Å². The molecule has 0 bridgehead atoms. The molecule has 0 atom stereocenters. The molecule has 0 aliphatic carbocycles. The van der Waals surface area contributed by atoms with E-state index in [2.05, 4.69) is 10.1 Å². The molecule has 19 heavy (non-hydrogen) atoms. The quantitative estimate of drug-likeness (QED) is 0.876. The molecule has 0 unspecified atom stereocenters. The van der Waals surface area contributed by atoms with Crippen LogP contribution in [0.25, 0.3) is 11.8 Å². The van der Waals surface area contributed by atoms with E-state index in [0.29, 0.717) is 10.6 Å². The molecule has 0 amide bonds. The molecule has 2 aromatic heterocycles. The molecule has 0 radical (unpaired) electrons. The number of aromatic nitrogens is 3. The Labute approximate surface area is 115 Å². The van der Waals surface area contributed by atoms with E-state index in [-0.39, 0.29) is 0 Å². The first-order chi connectivity index (χ1) is 8.99. The second kappa shape index (κ2) is 5.24. The first kappa shape index (κ1) is 13.3. The molecule has 2 aromatic rings. The molecule has 98 valence electrons. The molecule has 0 saturated carbocycles. The zero-order chi connectivity index (χ0) is 14.0. The molecule has 0 fully saturated rings. The van der Waals surface area contributed by atoms with Crippen molar-refractivity contribution in [2.45, 2.75) is 13.8 Å². The van der Waals surface area contributed by atoms with Crippen molar-refractivity contribution in [2.24, 2.45) is 0 Å². The number of aliphatic carboxylic acids is 1. The predicted octanol–water partition coefficient (Wildman–Crippen LogP) is 2.64. The topological polar surface area (TPSA) is 68.0 Å². The van der Waals surface area contributed by atoms with Gasteiger partial charge in [0.2, 0.25) is 0 Å². The van der Waals surface area contributed by atoms with Crippen LogP contribution in [0.15, 0.2) is 24.5 Å². The highest BCUT2D eigenvalue weighted by Gasteiger charge is 2.10. The third-order valence-electron chi connectivity index (χ3n) is 2.61. The summed E-state index contributed by atoms with van der Waals surface area (Å²) in [5.41, 5.74) is 2.98. The van der Waals surface area contributed by atoms with Gasteiger partial charge in [-0.05, 0) is 31.6 Å². The van der Waals surface area contributed by atoms with Crippen LogP contribution in [0.2, 0.25) is 5.02 Å². The summed E-state index contributed by atoms with van der Waals surface area (Å²) in [5.74, 6) is -1.00. The summed E-state index contributed by atoms with van der Waals surface area (Å²) in [5, 5.41) is 13.5. The van der Waals surface area contributed by atoms with E-state index in [1.54, 1.807) is 23.1 Å². The van der Waals surface area contributed by atoms with E-state index in [0.717, 1.165) is 23.2 Å². The average Bonchev–Trinajstić information content (AvgIpc) is 2.64. The summed E-state index contributed by atoms with van der Waals surface area (Å²) in [6, 6.07) is 1.79. The minimum Gasteiger partial charge on any atom is -0.478 e. The fourth-order valence-electron chi connectivity index (χ4n) is 1.69. The van der Waals surface area contributed by atoms with Gasteiger partial charge < -0.3 is 5.11 Å². The standard InChI is InChI=1S/C13H12ClN3O2/c1-8-13(14)9(2)17(16-8)11-5-10(6-15-7-11)3-4-12(18)19/h3-7H,1-2H3,(H,18,19)/b4-3+. The maximum Gasteiger partial charge on any atom is 0.328 e. The van der Waals surface area contributed by atoms with Crippen LogP contribution in [0, 0.1) is 13.8 Å². The Balaban J connectivity index is 2.43. The van der Waals surface area contributed by atoms with Crippen molar-refractivity contribution in [3.05, 3.63) is 46.5 Å². The fraction of sp³-hybridized carbons (Fsp3) is 0.154. The van der Waals surface area contributed by atoms with Crippen LogP contribution < -0.4 is 0 Å². The smallest absolute Gasteiger partial charge is 0.328 e. The van der Waals surface area contributed by atoms with Crippen molar-refractivity contribution in [1.82, 2.24) is 14.8 Å². The highest BCUT2D eigenvalue weighted by Crippen LogP contribution is 2.22. The van der Waals surface area contributed by atoms with Crippen molar-refractivity contribution in [1.29, 1.82) is 0 Å². The number of aryl methyl sites for hydroxylation is 1. The second-order valence-corrected chi connectivity index (χ2v) is 4.42. The van der Waals surface area contributed by atoms with Gasteiger partial charge in [0.1, 0.15) is 0 Å². The van der Waals surface area contributed by atoms with E-state index >= 15 is 0 Å². The Morgan fingerprint density at radius 3 is 2.74 bits per heavy atom. The van der Waals surface area contributed by atoms with Crippen molar-refractivity contribution >= 4 is 23.6 Å². The highest BCUT2D eigenvalue weighted by atomic mass is 35.5. The summed E-state index contributed by atoms with van der Waals surface area (Å²) in [6.45, 7) is 3.69. The molecule has 5 nitrogen and oxygen atoms in total. The average molecular weight is 278 g/mol. The number of nitrogens with zero attached hydrogens (tertiary/aromatic N) is 3. The first-order valence-electron chi connectivity index (χ1n) is 5.57. The second-order valence-electron chi connectivity index (χ2n) is 4.04. The third-order valence-corrected chi connectivity index (χ3v) is 3.16. The molecule has 0 spiro atoms. The van der Waals surface area contributed by atoms with Crippen LogP contribution in [-0.2, 0) is 4.79 Å². The molecule has 0 aromatic carbocycles. The third kappa shape index (κ3) is 2.82. The van der Waals surface area contributed by atoms with Gasteiger partial charge in [-0.1, -0.05) is 11.6 Å². The number of pyridine rings is 1. The summed E-state index contributed by atoms with van der Waals surface area (Å²) < 4.78 is 1.68. The molecule has 2 rings (SSSR count). The molecule has 2 heterocycles. The monoisotopic (exact) mass is 277 g/mol. The van der Waals surface area contributed by atoms with Crippen LogP contribution in [0.3, 0.4) is 0 Å². The maximum atomic E-state index is 10.5. The van der Waals surface area contributed by atoms with Crippen molar-refractivity contribution in [2.75, 3.05) is 0 Å². The lowest BCUT2D eigenvalue weighted by Crippen LogP contribution is -2.00. The molecule has 1 N–H and O–H groups in total. The number of rotatable bonds is 3. The van der Waals surface area contributed by atoms with Gasteiger partial charge in [0.15, 0.2) is 0 Å². The molecular formula is C13H12ClN3O2. The minimum absolute atomic E-state index is 0.617. The van der Waals surface area contributed by atoms with Crippen LogP contribution in [0.1, 0.15) is 17.0 Å². The van der Waals surface area contributed by atoms with E-state index in [9.17, 15) is 4.79 Å². The number of carboxylic acids is 1. The van der Waals surface area contributed by atoms with Crippen LogP contribution in [-0.4, -0.2) is 25.8 Å². The molecule has 0 aliphatic heterocycles. The summed E-state index contributed by atoms with van der Waals surface area (Å²) in [7, 11) is 0. The first-order valence-corrected chi connectivity index (χ1v) is 5.95. The molecule has 6 heteroatoms. The summed E-state index contributed by atoms with van der Waals surface area (Å²) in [6.07, 6.45) is 5.77. The minimum atomic E-state index is -1.00. The maximum absolute atomic E-state index is 10.5. The number of hydrogen-bond acceptors (Lipinski definition) is 3. The van der Waals surface area contributed by atoms with Gasteiger partial charge >= 0.3 is 5.97 Å². The predicted molar refractivity (Wildman–Crippen MR) is 72.5 cm³/mol.